The van der Waals surface area contributed by atoms with Gasteiger partial charge in [0.1, 0.15) is 5.17 Å². The zero-order chi connectivity index (χ0) is 12.3. The number of hydrogen-bond donors (Lipinski definition) is 0. The molecule has 0 radical (unpaired) electrons. The molecule has 0 N–H and O–H groups in total. The van der Waals surface area contributed by atoms with Gasteiger partial charge in [0.25, 0.3) is 0 Å². The Labute approximate surface area is 115 Å². The smallest absolute Gasteiger partial charge is 0.139 e. The summed E-state index contributed by atoms with van der Waals surface area (Å²) in [4.78, 5) is 4.26. The fourth-order valence-corrected chi connectivity index (χ4v) is 2.34. The third-order valence-corrected chi connectivity index (χ3v) is 3.06. The van der Waals surface area contributed by atoms with Crippen LogP contribution < -0.4 is 0 Å². The molecule has 1 nitrogen and oxygen atoms in total. The first kappa shape index (κ1) is 12.4. The van der Waals surface area contributed by atoms with Crippen molar-refractivity contribution in [1.82, 2.24) is 0 Å². The first-order valence-corrected chi connectivity index (χ1v) is 6.05. The lowest BCUT2D eigenvalue weighted by Crippen LogP contribution is -1.93. The summed E-state index contributed by atoms with van der Waals surface area (Å²) in [6, 6.07) is 14.6. The van der Waals surface area contributed by atoms with Crippen LogP contribution in [0.2, 0.25) is 10.0 Å². The Morgan fingerprint density at radius 1 is 0.824 bits per heavy atom. The molecule has 0 heterocycles. The molecular formula is C13H8Cl3N. The minimum atomic E-state index is 0.284. The van der Waals surface area contributed by atoms with E-state index in [2.05, 4.69) is 4.99 Å². The molecule has 2 rings (SSSR count). The lowest BCUT2D eigenvalue weighted by molar-refractivity contribution is 1.52. The molecule has 17 heavy (non-hydrogen) atoms. The Morgan fingerprint density at radius 3 is 2.00 bits per heavy atom. The van der Waals surface area contributed by atoms with Crippen LogP contribution in [0.25, 0.3) is 0 Å². The van der Waals surface area contributed by atoms with Crippen LogP contribution in [-0.4, -0.2) is 5.17 Å². The van der Waals surface area contributed by atoms with Crippen molar-refractivity contribution in [3.8, 4) is 0 Å². The maximum absolute atomic E-state index is 6.13. The quantitative estimate of drug-likeness (QED) is 0.663. The number of hydrogen-bond acceptors (Lipinski definition) is 1. The Bertz CT molecular complexity index is 530. The fraction of sp³-hybridized carbons (Fsp3) is 0. The second-order valence-corrected chi connectivity index (χ2v) is 4.51. The van der Waals surface area contributed by atoms with E-state index in [4.69, 9.17) is 34.8 Å². The molecule has 0 aliphatic carbocycles. The number of nitrogens with zero attached hydrogens (tertiary/aromatic N) is 1. The maximum Gasteiger partial charge on any atom is 0.139 e. The first-order valence-electron chi connectivity index (χ1n) is 4.92. The van der Waals surface area contributed by atoms with Gasteiger partial charge < -0.3 is 0 Å². The molecule has 0 bridgehead atoms. The number of para-hydroxylation sites is 1. The molecule has 0 fully saturated rings. The Balaban J connectivity index is 2.44. The maximum atomic E-state index is 6.13. The van der Waals surface area contributed by atoms with Gasteiger partial charge in [-0.15, -0.1) is 0 Å². The predicted molar refractivity (Wildman–Crippen MR) is 75.0 cm³/mol. The normalized spacial score (nSPS) is 11.6. The number of aliphatic imine (C=N–C) groups is 1. The van der Waals surface area contributed by atoms with Gasteiger partial charge in [-0.3, -0.25) is 0 Å². The topological polar surface area (TPSA) is 12.4 Å². The summed E-state index contributed by atoms with van der Waals surface area (Å²) >= 11 is 18.2. The molecule has 0 saturated heterocycles. The number of halogens is 3. The molecule has 86 valence electrons. The van der Waals surface area contributed by atoms with Crippen molar-refractivity contribution < 1.29 is 0 Å². The molecule has 0 aliphatic rings. The van der Waals surface area contributed by atoms with Crippen molar-refractivity contribution in [3.63, 3.8) is 0 Å². The van der Waals surface area contributed by atoms with Crippen molar-refractivity contribution in [3.05, 3.63) is 64.1 Å². The van der Waals surface area contributed by atoms with Gasteiger partial charge in [-0.05, 0) is 24.3 Å². The van der Waals surface area contributed by atoms with Crippen LogP contribution in [0.5, 0.6) is 0 Å². The van der Waals surface area contributed by atoms with Gasteiger partial charge in [-0.25, -0.2) is 4.99 Å². The molecule has 0 aromatic heterocycles. The minimum absolute atomic E-state index is 0.284. The summed E-state index contributed by atoms with van der Waals surface area (Å²) in [5, 5.41) is 1.26. The van der Waals surface area contributed by atoms with Crippen LogP contribution in [0.3, 0.4) is 0 Å². The average molecular weight is 285 g/mol. The van der Waals surface area contributed by atoms with E-state index >= 15 is 0 Å². The van der Waals surface area contributed by atoms with Gasteiger partial charge in [0, 0.05) is 5.56 Å². The fourth-order valence-electron chi connectivity index (χ4n) is 1.37. The van der Waals surface area contributed by atoms with E-state index in [-0.39, 0.29) is 5.17 Å². The van der Waals surface area contributed by atoms with E-state index in [0.29, 0.717) is 15.6 Å². The van der Waals surface area contributed by atoms with Gasteiger partial charge in [0.15, 0.2) is 0 Å². The summed E-state index contributed by atoms with van der Waals surface area (Å²) in [6.07, 6.45) is 0. The van der Waals surface area contributed by atoms with E-state index in [1.165, 1.54) is 0 Å². The van der Waals surface area contributed by atoms with Gasteiger partial charge in [-0.2, -0.15) is 0 Å². The summed E-state index contributed by atoms with van der Waals surface area (Å²) in [5.41, 5.74) is 1.31. The average Bonchev–Trinajstić information content (AvgIpc) is 2.30. The van der Waals surface area contributed by atoms with E-state index in [0.717, 1.165) is 5.69 Å². The van der Waals surface area contributed by atoms with Gasteiger partial charge in [0.05, 0.1) is 15.7 Å². The van der Waals surface area contributed by atoms with Gasteiger partial charge >= 0.3 is 0 Å². The van der Waals surface area contributed by atoms with Crippen molar-refractivity contribution in [2.24, 2.45) is 4.99 Å². The molecule has 0 spiro atoms. The van der Waals surface area contributed by atoms with Crippen molar-refractivity contribution >= 4 is 45.7 Å². The van der Waals surface area contributed by atoms with Crippen LogP contribution in [0, 0.1) is 0 Å². The molecule has 0 unspecified atom stereocenters. The van der Waals surface area contributed by atoms with Crippen molar-refractivity contribution in [1.29, 1.82) is 0 Å². The highest BCUT2D eigenvalue weighted by molar-refractivity contribution is 6.71. The molecule has 0 atom stereocenters. The minimum Gasteiger partial charge on any atom is -0.236 e. The monoisotopic (exact) mass is 283 g/mol. The summed E-state index contributed by atoms with van der Waals surface area (Å²) < 4.78 is 0. The standard InChI is InChI=1S/C13H8Cl3N/c14-10-7-4-8-11(15)12(10)13(16)17-9-5-2-1-3-6-9/h1-8H. The predicted octanol–water partition coefficient (Wildman–Crippen LogP) is 5.31. The van der Waals surface area contributed by atoms with E-state index in [9.17, 15) is 0 Å². The second-order valence-electron chi connectivity index (χ2n) is 3.33. The highest BCUT2D eigenvalue weighted by atomic mass is 35.5. The van der Waals surface area contributed by atoms with Crippen LogP contribution in [0.15, 0.2) is 53.5 Å². The second kappa shape index (κ2) is 5.54. The molecule has 2 aromatic carbocycles. The van der Waals surface area contributed by atoms with Gasteiger partial charge in [-0.1, -0.05) is 59.1 Å². The lowest BCUT2D eigenvalue weighted by Gasteiger charge is -2.04. The largest absolute Gasteiger partial charge is 0.236 e. The molecule has 0 saturated carbocycles. The Morgan fingerprint density at radius 2 is 1.41 bits per heavy atom. The summed E-state index contributed by atoms with van der Waals surface area (Å²) in [5.74, 6) is 0. The van der Waals surface area contributed by atoms with Crippen LogP contribution in [0.1, 0.15) is 5.56 Å². The number of rotatable bonds is 2. The lowest BCUT2D eigenvalue weighted by atomic mass is 10.2. The molecular weight excluding hydrogens is 277 g/mol. The van der Waals surface area contributed by atoms with Crippen LogP contribution >= 0.6 is 34.8 Å². The van der Waals surface area contributed by atoms with Gasteiger partial charge in [0.2, 0.25) is 0 Å². The molecule has 0 aliphatic heterocycles. The molecule has 4 heteroatoms. The van der Waals surface area contributed by atoms with Crippen molar-refractivity contribution in [2.45, 2.75) is 0 Å². The third kappa shape index (κ3) is 3.01. The molecule has 0 amide bonds. The Hall–Kier alpha value is -1.02. The highest BCUT2D eigenvalue weighted by Crippen LogP contribution is 2.27. The van der Waals surface area contributed by atoms with E-state index in [1.54, 1.807) is 18.2 Å². The SMILES string of the molecule is ClC(=Nc1ccccc1)c1c(Cl)cccc1Cl. The first-order chi connectivity index (χ1) is 8.18. The molecule has 2 aromatic rings. The third-order valence-electron chi connectivity index (χ3n) is 2.15. The number of benzene rings is 2. The zero-order valence-corrected chi connectivity index (χ0v) is 11.0. The highest BCUT2D eigenvalue weighted by Gasteiger charge is 2.10. The van der Waals surface area contributed by atoms with Crippen LogP contribution in [0.4, 0.5) is 5.69 Å². The van der Waals surface area contributed by atoms with Crippen molar-refractivity contribution in [2.75, 3.05) is 0 Å². The zero-order valence-electron chi connectivity index (χ0n) is 8.70. The Kier molecular flexibility index (Phi) is 4.06. The summed E-state index contributed by atoms with van der Waals surface area (Å²) in [6.45, 7) is 0. The summed E-state index contributed by atoms with van der Waals surface area (Å²) in [7, 11) is 0. The van der Waals surface area contributed by atoms with Crippen LogP contribution in [-0.2, 0) is 0 Å². The van der Waals surface area contributed by atoms with E-state index < -0.39 is 0 Å². The van der Waals surface area contributed by atoms with E-state index in [1.807, 2.05) is 30.3 Å².